The van der Waals surface area contributed by atoms with Crippen molar-refractivity contribution < 1.29 is 4.39 Å². The molecule has 22 heavy (non-hydrogen) atoms. The van der Waals surface area contributed by atoms with Crippen molar-refractivity contribution in [2.24, 2.45) is 0 Å². The molecular formula is C20H26FN. The second-order valence-electron chi connectivity index (χ2n) is 5.88. The lowest BCUT2D eigenvalue weighted by Crippen LogP contribution is -1.93. The van der Waals surface area contributed by atoms with Gasteiger partial charge < -0.3 is 0 Å². The molecule has 0 aliphatic carbocycles. The summed E-state index contributed by atoms with van der Waals surface area (Å²) in [6.07, 6.45) is 9.95. The Morgan fingerprint density at radius 2 is 1.68 bits per heavy atom. The Bertz CT molecular complexity index is 575. The van der Waals surface area contributed by atoms with E-state index in [1.54, 1.807) is 6.07 Å². The fourth-order valence-corrected chi connectivity index (χ4v) is 2.65. The van der Waals surface area contributed by atoms with E-state index in [0.29, 0.717) is 11.3 Å². The largest absolute Gasteiger partial charge is 0.256 e. The molecule has 1 nitrogen and oxygen atoms in total. The molecule has 0 N–H and O–H groups in total. The van der Waals surface area contributed by atoms with Gasteiger partial charge >= 0.3 is 0 Å². The first-order chi connectivity index (χ1) is 10.7. The second-order valence-corrected chi connectivity index (χ2v) is 5.88. The average Bonchev–Trinajstić information content (AvgIpc) is 2.55. The second kappa shape index (κ2) is 8.67. The third kappa shape index (κ3) is 4.66. The summed E-state index contributed by atoms with van der Waals surface area (Å²) in [5.41, 5.74) is 3.57. The fourth-order valence-electron chi connectivity index (χ4n) is 2.65. The smallest absolute Gasteiger partial charge is 0.132 e. The molecule has 0 aliphatic rings. The Morgan fingerprint density at radius 1 is 0.909 bits per heavy atom. The van der Waals surface area contributed by atoms with Crippen molar-refractivity contribution in [3.8, 4) is 11.3 Å². The number of pyridine rings is 1. The predicted octanol–water partition coefficient (Wildman–Crippen LogP) is 5.96. The van der Waals surface area contributed by atoms with Crippen molar-refractivity contribution in [3.05, 3.63) is 53.5 Å². The molecule has 2 rings (SSSR count). The van der Waals surface area contributed by atoms with Crippen molar-refractivity contribution in [1.29, 1.82) is 0 Å². The van der Waals surface area contributed by atoms with E-state index >= 15 is 0 Å². The van der Waals surface area contributed by atoms with Gasteiger partial charge in [0.15, 0.2) is 0 Å². The molecule has 0 amide bonds. The van der Waals surface area contributed by atoms with Crippen molar-refractivity contribution in [1.82, 2.24) is 4.98 Å². The van der Waals surface area contributed by atoms with Gasteiger partial charge in [-0.25, -0.2) is 4.39 Å². The Hall–Kier alpha value is -1.70. The van der Waals surface area contributed by atoms with Crippen LogP contribution < -0.4 is 0 Å². The van der Waals surface area contributed by atoms with Crippen LogP contribution in [0.1, 0.15) is 57.1 Å². The first-order valence-corrected chi connectivity index (χ1v) is 8.48. The molecule has 0 atom stereocenters. The lowest BCUT2D eigenvalue weighted by molar-refractivity contribution is 0.617. The van der Waals surface area contributed by atoms with Gasteiger partial charge in [0.1, 0.15) is 5.82 Å². The Morgan fingerprint density at radius 3 is 2.32 bits per heavy atom. The van der Waals surface area contributed by atoms with Gasteiger partial charge in [-0.1, -0.05) is 51.7 Å². The van der Waals surface area contributed by atoms with Crippen LogP contribution in [0.15, 0.2) is 36.5 Å². The van der Waals surface area contributed by atoms with Crippen LogP contribution in [0.3, 0.4) is 0 Å². The van der Waals surface area contributed by atoms with Gasteiger partial charge in [-0.2, -0.15) is 0 Å². The molecular weight excluding hydrogens is 273 g/mol. The zero-order valence-electron chi connectivity index (χ0n) is 13.7. The van der Waals surface area contributed by atoms with E-state index in [2.05, 4.69) is 18.8 Å². The first kappa shape index (κ1) is 16.7. The molecule has 0 fully saturated rings. The third-order valence-electron chi connectivity index (χ3n) is 4.11. The minimum Gasteiger partial charge on any atom is -0.256 e. The lowest BCUT2D eigenvalue weighted by Gasteiger charge is -2.07. The number of aryl methyl sites for hydroxylation is 2. The summed E-state index contributed by atoms with van der Waals surface area (Å²) in [7, 11) is 0. The summed E-state index contributed by atoms with van der Waals surface area (Å²) >= 11 is 0. The molecule has 0 unspecified atom stereocenters. The van der Waals surface area contributed by atoms with E-state index in [1.807, 2.05) is 30.5 Å². The van der Waals surface area contributed by atoms with E-state index in [9.17, 15) is 4.39 Å². The van der Waals surface area contributed by atoms with Crippen LogP contribution in [0.5, 0.6) is 0 Å². The van der Waals surface area contributed by atoms with E-state index in [4.69, 9.17) is 0 Å². The normalized spacial score (nSPS) is 10.9. The minimum absolute atomic E-state index is 0.164. The lowest BCUT2D eigenvalue weighted by atomic mass is 10.0. The number of halogens is 1. The van der Waals surface area contributed by atoms with Gasteiger partial charge in [-0.3, -0.25) is 4.98 Å². The van der Waals surface area contributed by atoms with Crippen molar-refractivity contribution in [2.75, 3.05) is 0 Å². The number of unbranched alkanes of at least 4 members (excludes halogenated alkanes) is 4. The number of benzene rings is 1. The van der Waals surface area contributed by atoms with Crippen LogP contribution in [-0.4, -0.2) is 4.98 Å². The zero-order valence-corrected chi connectivity index (χ0v) is 13.7. The standard InChI is InChI=1S/C20H26FN/c1-3-5-6-7-8-9-17-10-12-18(19(21)14-17)20-13-11-16(4-2)15-22-20/h10-15H,3-9H2,1-2H3. The van der Waals surface area contributed by atoms with Crippen LogP contribution in [0, 0.1) is 5.82 Å². The van der Waals surface area contributed by atoms with Crippen LogP contribution in [0.25, 0.3) is 11.3 Å². The summed E-state index contributed by atoms with van der Waals surface area (Å²) in [5, 5.41) is 0. The fraction of sp³-hybridized carbons (Fsp3) is 0.450. The van der Waals surface area contributed by atoms with Gasteiger partial charge in [0.2, 0.25) is 0 Å². The van der Waals surface area contributed by atoms with E-state index < -0.39 is 0 Å². The van der Waals surface area contributed by atoms with Crippen LogP contribution in [-0.2, 0) is 12.8 Å². The quantitative estimate of drug-likeness (QED) is 0.548. The number of rotatable bonds is 8. The number of hydrogen-bond acceptors (Lipinski definition) is 1. The maximum atomic E-state index is 14.3. The molecule has 2 heteroatoms. The zero-order chi connectivity index (χ0) is 15.8. The highest BCUT2D eigenvalue weighted by Gasteiger charge is 2.07. The first-order valence-electron chi connectivity index (χ1n) is 8.48. The summed E-state index contributed by atoms with van der Waals surface area (Å²) in [5.74, 6) is -0.164. The van der Waals surface area contributed by atoms with E-state index in [0.717, 1.165) is 24.8 Å². The molecule has 0 saturated carbocycles. The molecule has 0 spiro atoms. The molecule has 0 saturated heterocycles. The van der Waals surface area contributed by atoms with Crippen molar-refractivity contribution in [3.63, 3.8) is 0 Å². The SMILES string of the molecule is CCCCCCCc1ccc(-c2ccc(CC)cn2)c(F)c1. The van der Waals surface area contributed by atoms with E-state index in [-0.39, 0.29) is 5.82 Å². The van der Waals surface area contributed by atoms with E-state index in [1.165, 1.54) is 31.2 Å². The van der Waals surface area contributed by atoms with Gasteiger partial charge in [-0.15, -0.1) is 0 Å². The molecule has 1 aromatic heterocycles. The summed E-state index contributed by atoms with van der Waals surface area (Å²) < 4.78 is 14.3. The summed E-state index contributed by atoms with van der Waals surface area (Å²) in [6.45, 7) is 4.31. The maximum absolute atomic E-state index is 14.3. The highest BCUT2D eigenvalue weighted by molar-refractivity contribution is 5.60. The average molecular weight is 299 g/mol. The molecule has 118 valence electrons. The van der Waals surface area contributed by atoms with Crippen LogP contribution in [0.4, 0.5) is 4.39 Å². The number of aromatic nitrogens is 1. The van der Waals surface area contributed by atoms with Gasteiger partial charge in [0.05, 0.1) is 5.69 Å². The van der Waals surface area contributed by atoms with Crippen LogP contribution in [0.2, 0.25) is 0 Å². The molecule has 2 aromatic rings. The molecule has 1 heterocycles. The summed E-state index contributed by atoms with van der Waals surface area (Å²) in [4.78, 5) is 4.37. The molecule has 0 bridgehead atoms. The topological polar surface area (TPSA) is 12.9 Å². The minimum atomic E-state index is -0.164. The molecule has 0 radical (unpaired) electrons. The molecule has 1 aromatic carbocycles. The highest BCUT2D eigenvalue weighted by atomic mass is 19.1. The van der Waals surface area contributed by atoms with Gasteiger partial charge in [0, 0.05) is 11.8 Å². The van der Waals surface area contributed by atoms with Crippen LogP contribution >= 0.6 is 0 Å². The highest BCUT2D eigenvalue weighted by Crippen LogP contribution is 2.23. The van der Waals surface area contributed by atoms with Gasteiger partial charge in [-0.05, 0) is 48.6 Å². The number of hydrogen-bond donors (Lipinski definition) is 0. The molecule has 0 aliphatic heterocycles. The Balaban J connectivity index is 1.99. The Kier molecular flexibility index (Phi) is 6.57. The maximum Gasteiger partial charge on any atom is 0.132 e. The van der Waals surface area contributed by atoms with Crippen molar-refractivity contribution in [2.45, 2.75) is 58.8 Å². The number of nitrogens with zero attached hydrogens (tertiary/aromatic N) is 1. The summed E-state index contributed by atoms with van der Waals surface area (Å²) in [6, 6.07) is 9.49. The van der Waals surface area contributed by atoms with Crippen molar-refractivity contribution >= 4 is 0 Å². The monoisotopic (exact) mass is 299 g/mol. The predicted molar refractivity (Wildman–Crippen MR) is 91.5 cm³/mol. The van der Waals surface area contributed by atoms with Gasteiger partial charge in [0.25, 0.3) is 0 Å². The third-order valence-corrected chi connectivity index (χ3v) is 4.11. The Labute approximate surface area is 133 Å².